The van der Waals surface area contributed by atoms with Crippen LogP contribution in [0.15, 0.2) is 0 Å². The van der Waals surface area contributed by atoms with E-state index in [9.17, 15) is 0 Å². The van der Waals surface area contributed by atoms with Gasteiger partial charge in [0.2, 0.25) is 0 Å². The van der Waals surface area contributed by atoms with Crippen molar-refractivity contribution in [3.8, 4) is 0 Å². The average molecular weight is 183 g/mol. The van der Waals surface area contributed by atoms with Gasteiger partial charge in [-0.2, -0.15) is 0 Å². The van der Waals surface area contributed by atoms with Crippen LogP contribution in [0.5, 0.6) is 0 Å². The maximum atomic E-state index is 3.67. The predicted octanol–water partition coefficient (Wildman–Crippen LogP) is 3.20. The first kappa shape index (κ1) is 11.0. The monoisotopic (exact) mass is 183 g/mol. The Morgan fingerprint density at radius 3 is 2.54 bits per heavy atom. The summed E-state index contributed by atoms with van der Waals surface area (Å²) in [5.41, 5.74) is 0. The van der Waals surface area contributed by atoms with E-state index in [1.807, 2.05) is 0 Å². The Morgan fingerprint density at radius 1 is 1.15 bits per heavy atom. The standard InChI is InChI=1S/C12H25N/c1-4-5-8-13-12-7-6-10(2)11(3)9-12/h10-13H,4-9H2,1-3H3. The van der Waals surface area contributed by atoms with Crippen molar-refractivity contribution in [2.45, 2.75) is 58.9 Å². The maximum absolute atomic E-state index is 3.67. The molecule has 1 aliphatic rings. The summed E-state index contributed by atoms with van der Waals surface area (Å²) >= 11 is 0. The van der Waals surface area contributed by atoms with E-state index < -0.39 is 0 Å². The van der Waals surface area contributed by atoms with Crippen molar-refractivity contribution in [2.75, 3.05) is 6.54 Å². The fraction of sp³-hybridized carbons (Fsp3) is 1.00. The van der Waals surface area contributed by atoms with Gasteiger partial charge in [-0.05, 0) is 44.1 Å². The number of hydrogen-bond acceptors (Lipinski definition) is 1. The zero-order chi connectivity index (χ0) is 9.68. The van der Waals surface area contributed by atoms with E-state index >= 15 is 0 Å². The molecule has 0 aromatic heterocycles. The van der Waals surface area contributed by atoms with Crippen LogP contribution >= 0.6 is 0 Å². The molecule has 1 rings (SSSR count). The van der Waals surface area contributed by atoms with Gasteiger partial charge in [0.15, 0.2) is 0 Å². The second-order valence-corrected chi connectivity index (χ2v) is 4.77. The van der Waals surface area contributed by atoms with Gasteiger partial charge in [0.1, 0.15) is 0 Å². The first-order chi connectivity index (χ1) is 6.24. The van der Waals surface area contributed by atoms with Crippen molar-refractivity contribution in [2.24, 2.45) is 11.8 Å². The van der Waals surface area contributed by atoms with Gasteiger partial charge in [-0.25, -0.2) is 0 Å². The highest BCUT2D eigenvalue weighted by atomic mass is 14.9. The highest BCUT2D eigenvalue weighted by molar-refractivity contribution is 4.79. The van der Waals surface area contributed by atoms with Crippen molar-refractivity contribution >= 4 is 0 Å². The van der Waals surface area contributed by atoms with Crippen molar-refractivity contribution in [3.05, 3.63) is 0 Å². The quantitative estimate of drug-likeness (QED) is 0.660. The van der Waals surface area contributed by atoms with Crippen LogP contribution in [0.2, 0.25) is 0 Å². The molecule has 1 fully saturated rings. The molecule has 0 aromatic carbocycles. The normalized spacial score (nSPS) is 34.8. The van der Waals surface area contributed by atoms with E-state index in [2.05, 4.69) is 26.1 Å². The van der Waals surface area contributed by atoms with Crippen LogP contribution in [-0.2, 0) is 0 Å². The second kappa shape index (κ2) is 5.64. The average Bonchev–Trinajstić information content (AvgIpc) is 2.12. The molecule has 0 amide bonds. The zero-order valence-corrected chi connectivity index (χ0v) is 9.47. The van der Waals surface area contributed by atoms with Crippen LogP contribution in [0.3, 0.4) is 0 Å². The lowest BCUT2D eigenvalue weighted by Crippen LogP contribution is -2.36. The maximum Gasteiger partial charge on any atom is 0.00698 e. The molecule has 0 aliphatic heterocycles. The molecule has 0 saturated heterocycles. The molecule has 0 radical (unpaired) electrons. The second-order valence-electron chi connectivity index (χ2n) is 4.77. The molecule has 3 atom stereocenters. The first-order valence-corrected chi connectivity index (χ1v) is 5.97. The molecule has 1 saturated carbocycles. The number of hydrogen-bond donors (Lipinski definition) is 1. The molecule has 78 valence electrons. The smallest absolute Gasteiger partial charge is 0.00698 e. The fourth-order valence-corrected chi connectivity index (χ4v) is 2.22. The third-order valence-corrected chi connectivity index (χ3v) is 3.56. The van der Waals surface area contributed by atoms with Gasteiger partial charge in [-0.3, -0.25) is 0 Å². The van der Waals surface area contributed by atoms with Crippen molar-refractivity contribution in [3.63, 3.8) is 0 Å². The van der Waals surface area contributed by atoms with Gasteiger partial charge in [0.05, 0.1) is 0 Å². The van der Waals surface area contributed by atoms with E-state index in [4.69, 9.17) is 0 Å². The van der Waals surface area contributed by atoms with E-state index in [0.717, 1.165) is 17.9 Å². The van der Waals surface area contributed by atoms with Crippen LogP contribution < -0.4 is 5.32 Å². The minimum Gasteiger partial charge on any atom is -0.314 e. The lowest BCUT2D eigenvalue weighted by molar-refractivity contribution is 0.226. The van der Waals surface area contributed by atoms with E-state index in [1.165, 1.54) is 38.6 Å². The number of unbranched alkanes of at least 4 members (excludes halogenated alkanes) is 1. The van der Waals surface area contributed by atoms with Crippen molar-refractivity contribution in [1.29, 1.82) is 0 Å². The molecular formula is C12H25N. The van der Waals surface area contributed by atoms with Gasteiger partial charge < -0.3 is 5.32 Å². The molecule has 13 heavy (non-hydrogen) atoms. The number of rotatable bonds is 4. The summed E-state index contributed by atoms with van der Waals surface area (Å²) in [5.74, 6) is 1.87. The third kappa shape index (κ3) is 3.68. The summed E-state index contributed by atoms with van der Waals surface area (Å²) in [4.78, 5) is 0. The predicted molar refractivity (Wildman–Crippen MR) is 58.9 cm³/mol. The Morgan fingerprint density at radius 2 is 1.92 bits per heavy atom. The molecule has 3 unspecified atom stereocenters. The van der Waals surface area contributed by atoms with Gasteiger partial charge in [0, 0.05) is 6.04 Å². The highest BCUT2D eigenvalue weighted by Crippen LogP contribution is 2.29. The van der Waals surface area contributed by atoms with Crippen LogP contribution in [-0.4, -0.2) is 12.6 Å². The summed E-state index contributed by atoms with van der Waals surface area (Å²) in [6.07, 6.45) is 6.86. The third-order valence-electron chi connectivity index (χ3n) is 3.56. The summed E-state index contributed by atoms with van der Waals surface area (Å²) in [6, 6.07) is 0.817. The summed E-state index contributed by atoms with van der Waals surface area (Å²) in [6.45, 7) is 8.28. The zero-order valence-electron chi connectivity index (χ0n) is 9.47. The van der Waals surface area contributed by atoms with Crippen LogP contribution in [0.4, 0.5) is 0 Å². The largest absolute Gasteiger partial charge is 0.314 e. The van der Waals surface area contributed by atoms with Crippen LogP contribution in [0, 0.1) is 11.8 Å². The number of nitrogens with one attached hydrogen (secondary N) is 1. The molecule has 1 nitrogen and oxygen atoms in total. The van der Waals surface area contributed by atoms with Crippen molar-refractivity contribution < 1.29 is 0 Å². The molecule has 1 aliphatic carbocycles. The SMILES string of the molecule is CCCCNC1CCC(C)C(C)C1. The Balaban J connectivity index is 2.14. The van der Waals surface area contributed by atoms with Crippen LogP contribution in [0.25, 0.3) is 0 Å². The Kier molecular flexibility index (Phi) is 4.79. The Bertz CT molecular complexity index is 133. The fourth-order valence-electron chi connectivity index (χ4n) is 2.22. The molecular weight excluding hydrogens is 158 g/mol. The van der Waals surface area contributed by atoms with Gasteiger partial charge in [0.25, 0.3) is 0 Å². The summed E-state index contributed by atoms with van der Waals surface area (Å²) in [5, 5.41) is 3.67. The Hall–Kier alpha value is -0.0400. The molecule has 0 heterocycles. The van der Waals surface area contributed by atoms with Gasteiger partial charge in [-0.15, -0.1) is 0 Å². The van der Waals surface area contributed by atoms with Crippen LogP contribution in [0.1, 0.15) is 52.9 Å². The molecule has 0 bridgehead atoms. The van der Waals surface area contributed by atoms with E-state index in [1.54, 1.807) is 0 Å². The Labute approximate surface area is 83.3 Å². The lowest BCUT2D eigenvalue weighted by Gasteiger charge is -2.32. The lowest BCUT2D eigenvalue weighted by atomic mass is 9.79. The molecule has 0 aromatic rings. The first-order valence-electron chi connectivity index (χ1n) is 5.97. The van der Waals surface area contributed by atoms with Crippen molar-refractivity contribution in [1.82, 2.24) is 5.32 Å². The van der Waals surface area contributed by atoms with Gasteiger partial charge in [-0.1, -0.05) is 27.2 Å². The minimum atomic E-state index is 0.817. The molecule has 1 heteroatoms. The van der Waals surface area contributed by atoms with E-state index in [0.29, 0.717) is 0 Å². The molecule has 0 spiro atoms. The molecule has 1 N–H and O–H groups in total. The van der Waals surface area contributed by atoms with E-state index in [-0.39, 0.29) is 0 Å². The summed E-state index contributed by atoms with van der Waals surface area (Å²) < 4.78 is 0. The highest BCUT2D eigenvalue weighted by Gasteiger charge is 2.23. The topological polar surface area (TPSA) is 12.0 Å². The minimum absolute atomic E-state index is 0.817. The summed E-state index contributed by atoms with van der Waals surface area (Å²) in [7, 11) is 0. The van der Waals surface area contributed by atoms with Gasteiger partial charge >= 0.3 is 0 Å².